The van der Waals surface area contributed by atoms with E-state index in [1.54, 1.807) is 54.8 Å². The second-order valence-corrected chi connectivity index (χ2v) is 20.0. The minimum Gasteiger partial charge on any atom is -0.488 e. The molecule has 3 aromatic rings. The highest BCUT2D eigenvalue weighted by Crippen LogP contribution is 2.31. The molecule has 2 saturated carbocycles. The van der Waals surface area contributed by atoms with Gasteiger partial charge < -0.3 is 45.4 Å². The molecule has 1 aromatic heterocycles. The zero-order chi connectivity index (χ0) is 50.7. The fraction of sp³-hybridized carbons (Fsp3) is 0.538. The van der Waals surface area contributed by atoms with E-state index in [4.69, 9.17) is 9.47 Å². The van der Waals surface area contributed by atoms with Gasteiger partial charge in [0.15, 0.2) is 0 Å². The van der Waals surface area contributed by atoms with Gasteiger partial charge in [0.2, 0.25) is 23.5 Å². The molecule has 0 spiro atoms. The van der Waals surface area contributed by atoms with Gasteiger partial charge in [0, 0.05) is 56.6 Å². The van der Waals surface area contributed by atoms with Crippen LogP contribution in [0.15, 0.2) is 73.2 Å². The summed E-state index contributed by atoms with van der Waals surface area (Å²) in [6, 6.07) is 11.4. The number of hydrogen-bond acceptors (Lipinski definition) is 12. The summed E-state index contributed by atoms with van der Waals surface area (Å²) in [5, 5.41) is 11.3. The Kier molecular flexibility index (Phi) is 17.4. The summed E-state index contributed by atoms with van der Waals surface area (Å²) in [7, 11) is 0. The summed E-state index contributed by atoms with van der Waals surface area (Å²) in [4.78, 5) is 123. The van der Waals surface area contributed by atoms with E-state index in [2.05, 4.69) is 31.2 Å². The number of amides is 7. The van der Waals surface area contributed by atoms with Gasteiger partial charge in [-0.3, -0.25) is 38.5 Å². The van der Waals surface area contributed by atoms with Gasteiger partial charge in [-0.2, -0.15) is 0 Å². The Morgan fingerprint density at radius 1 is 0.803 bits per heavy atom. The van der Waals surface area contributed by atoms with Crippen molar-refractivity contribution in [3.8, 4) is 5.75 Å². The molecule has 0 radical (unpaired) electrons. The molecule has 19 nitrogen and oxygen atoms in total. The molecule has 2 aliphatic heterocycles. The quantitative estimate of drug-likeness (QED) is 0.133. The van der Waals surface area contributed by atoms with Crippen molar-refractivity contribution in [1.82, 2.24) is 45.9 Å². The standard InChI is InChI=1S/C52H67N9O10/c1-5-12-39(43(62)48(66)55-36-19-20-36)56-46(64)41-29-38(71-37-21-17-35(18-22-37)49(67)59-25-27-60(28-26-59)51(69)70-32-33-13-8-6-9-14-33)31-61(41)50(68)44(52(2,3)4)58-47(65)42(34-15-10-7-11-16-34)57-45(63)40-30-53-23-24-54-40/h6,8-9,13-14,17-18,21-24,30,34,36,38-39,41-42,44H,5,7,10-12,15-16,19-20,25-29,31-32H2,1-4H3,(H,55,66)(H,56,64)(H,57,63)(H,58,65)/t38-,39+,41+,42+,44-/m1/s1. The molecule has 2 saturated heterocycles. The van der Waals surface area contributed by atoms with Crippen LogP contribution in [0.4, 0.5) is 4.79 Å². The highest BCUT2D eigenvalue weighted by Gasteiger charge is 2.47. The summed E-state index contributed by atoms with van der Waals surface area (Å²) in [6.45, 7) is 8.55. The Labute approximate surface area is 414 Å². The van der Waals surface area contributed by atoms with Crippen LogP contribution in [0.5, 0.6) is 5.75 Å². The normalized spacial score (nSPS) is 19.6. The van der Waals surface area contributed by atoms with Crippen LogP contribution in [0.2, 0.25) is 0 Å². The van der Waals surface area contributed by atoms with E-state index in [9.17, 15) is 33.6 Å². The molecule has 0 bridgehead atoms. The van der Waals surface area contributed by atoms with Gasteiger partial charge >= 0.3 is 6.09 Å². The van der Waals surface area contributed by atoms with E-state index >= 15 is 4.79 Å². The average molecular weight is 978 g/mol. The zero-order valence-electron chi connectivity index (χ0n) is 41.1. The first kappa shape index (κ1) is 51.9. The number of hydrogen-bond donors (Lipinski definition) is 4. The topological polar surface area (TPSA) is 239 Å². The number of ether oxygens (including phenoxy) is 2. The first-order valence-corrected chi connectivity index (χ1v) is 24.9. The van der Waals surface area contributed by atoms with Crippen LogP contribution >= 0.6 is 0 Å². The maximum absolute atomic E-state index is 15.1. The van der Waals surface area contributed by atoms with Crippen molar-refractivity contribution in [3.05, 3.63) is 90.0 Å². The van der Waals surface area contributed by atoms with Crippen LogP contribution in [0.1, 0.15) is 118 Å². The number of aromatic nitrogens is 2. The van der Waals surface area contributed by atoms with Crippen LogP contribution in [0.3, 0.4) is 0 Å². The lowest BCUT2D eigenvalue weighted by Gasteiger charge is -2.37. The van der Waals surface area contributed by atoms with Crippen LogP contribution < -0.4 is 26.0 Å². The highest BCUT2D eigenvalue weighted by molar-refractivity contribution is 6.38. The average Bonchev–Trinajstić information content (AvgIpc) is 4.10. The fourth-order valence-corrected chi connectivity index (χ4v) is 9.34. The number of piperazine rings is 1. The molecule has 7 rings (SSSR count). The van der Waals surface area contributed by atoms with Gasteiger partial charge in [-0.05, 0) is 73.3 Å². The number of carbonyl (C=O) groups is 8. The van der Waals surface area contributed by atoms with Crippen molar-refractivity contribution < 1.29 is 47.8 Å². The molecule has 4 aliphatic rings. The van der Waals surface area contributed by atoms with Gasteiger partial charge in [-0.15, -0.1) is 0 Å². The van der Waals surface area contributed by atoms with Crippen LogP contribution in [-0.2, 0) is 35.3 Å². The van der Waals surface area contributed by atoms with Crippen molar-refractivity contribution >= 4 is 47.3 Å². The van der Waals surface area contributed by atoms with Crippen molar-refractivity contribution in [3.63, 3.8) is 0 Å². The first-order chi connectivity index (χ1) is 34.1. The summed E-state index contributed by atoms with van der Waals surface area (Å²) < 4.78 is 11.9. The maximum Gasteiger partial charge on any atom is 0.410 e. The predicted molar refractivity (Wildman–Crippen MR) is 259 cm³/mol. The molecular weight excluding hydrogens is 911 g/mol. The number of ketones is 1. The van der Waals surface area contributed by atoms with Crippen molar-refractivity contribution in [2.24, 2.45) is 11.3 Å². The number of benzene rings is 2. The molecule has 4 N–H and O–H groups in total. The summed E-state index contributed by atoms with van der Waals surface area (Å²) in [5.74, 6) is -3.96. The van der Waals surface area contributed by atoms with E-state index in [1.165, 1.54) is 23.5 Å². The van der Waals surface area contributed by atoms with Gasteiger partial charge in [-0.1, -0.05) is 83.7 Å². The SMILES string of the molecule is CCC[C@H](NC(=O)[C@@H]1C[C@@H](Oc2ccc(C(=O)N3CCN(C(=O)OCc4ccccc4)CC3)cc2)CN1C(=O)[C@@H](NC(=O)[C@@H](NC(=O)c1cnccn1)C1CCCCC1)C(C)(C)C)C(=O)C(=O)NC1CC1. The predicted octanol–water partition coefficient (Wildman–Crippen LogP) is 3.96. The molecule has 5 atom stereocenters. The third kappa shape index (κ3) is 13.9. The number of carbonyl (C=O) groups excluding carboxylic acids is 8. The maximum atomic E-state index is 15.1. The minimum atomic E-state index is -1.19. The lowest BCUT2D eigenvalue weighted by atomic mass is 9.82. The molecule has 7 amide bonds. The molecule has 2 aromatic carbocycles. The summed E-state index contributed by atoms with van der Waals surface area (Å²) in [5.41, 5.74) is 0.421. The number of likely N-dealkylation sites (tertiary alicyclic amines) is 1. The third-order valence-corrected chi connectivity index (χ3v) is 13.5. The number of rotatable bonds is 18. The fourth-order valence-electron chi connectivity index (χ4n) is 9.34. The second kappa shape index (κ2) is 23.8. The van der Waals surface area contributed by atoms with Crippen molar-refractivity contribution in [2.75, 3.05) is 32.7 Å². The Morgan fingerprint density at radius 2 is 1.49 bits per heavy atom. The molecule has 380 valence electrons. The van der Waals surface area contributed by atoms with Gasteiger partial charge in [0.1, 0.15) is 42.3 Å². The van der Waals surface area contributed by atoms with E-state index in [0.29, 0.717) is 56.8 Å². The number of nitrogens with one attached hydrogen (secondary N) is 4. The Balaban J connectivity index is 1.05. The van der Waals surface area contributed by atoms with E-state index in [0.717, 1.165) is 37.7 Å². The monoisotopic (exact) mass is 978 g/mol. The van der Waals surface area contributed by atoms with Crippen molar-refractivity contribution in [2.45, 2.75) is 135 Å². The van der Waals surface area contributed by atoms with Crippen LogP contribution in [0.25, 0.3) is 0 Å². The molecule has 3 heterocycles. The summed E-state index contributed by atoms with van der Waals surface area (Å²) in [6.07, 6.45) is 9.31. The largest absolute Gasteiger partial charge is 0.488 e. The molecule has 0 unspecified atom stereocenters. The van der Waals surface area contributed by atoms with Crippen molar-refractivity contribution in [1.29, 1.82) is 0 Å². The number of nitrogens with zero attached hydrogens (tertiary/aromatic N) is 5. The molecular formula is C52H67N9O10. The van der Waals surface area contributed by atoms with Gasteiger partial charge in [0.05, 0.1) is 18.8 Å². The molecule has 4 fully saturated rings. The van der Waals surface area contributed by atoms with Gasteiger partial charge in [-0.25, -0.2) is 9.78 Å². The van der Waals surface area contributed by atoms with Gasteiger partial charge in [0.25, 0.3) is 17.7 Å². The van der Waals surface area contributed by atoms with E-state index in [-0.39, 0.29) is 49.6 Å². The van der Waals surface area contributed by atoms with Crippen LogP contribution in [0, 0.1) is 11.3 Å². The Bertz CT molecular complexity index is 2360. The lowest BCUT2D eigenvalue weighted by Crippen LogP contribution is -2.62. The van der Waals surface area contributed by atoms with E-state index in [1.807, 2.05) is 37.3 Å². The zero-order valence-corrected chi connectivity index (χ0v) is 41.1. The molecule has 71 heavy (non-hydrogen) atoms. The Hall–Kier alpha value is -6.92. The first-order valence-electron chi connectivity index (χ1n) is 24.9. The van der Waals surface area contributed by atoms with Crippen LogP contribution in [-0.4, -0.2) is 141 Å². The third-order valence-electron chi connectivity index (χ3n) is 13.5. The number of Topliss-reactive ketones (excluding diaryl/α,β-unsaturated/α-hetero) is 1. The second-order valence-electron chi connectivity index (χ2n) is 20.0. The highest BCUT2D eigenvalue weighted by atomic mass is 16.6. The Morgan fingerprint density at radius 3 is 2.13 bits per heavy atom. The molecule has 2 aliphatic carbocycles. The smallest absolute Gasteiger partial charge is 0.410 e. The lowest BCUT2D eigenvalue weighted by molar-refractivity contribution is -0.145. The minimum absolute atomic E-state index is 0.00129. The summed E-state index contributed by atoms with van der Waals surface area (Å²) >= 11 is 0. The molecule has 19 heteroatoms. The van der Waals surface area contributed by atoms with E-state index < -0.39 is 77.1 Å².